The fourth-order valence-corrected chi connectivity index (χ4v) is 0.784. The van der Waals surface area contributed by atoms with E-state index < -0.39 is 0 Å². The highest BCUT2D eigenvalue weighted by atomic mass is 35.5. The number of hydrogen-bond donors (Lipinski definition) is 0. The van der Waals surface area contributed by atoms with E-state index in [9.17, 15) is 0 Å². The molecule has 10 heavy (non-hydrogen) atoms. The fraction of sp³-hybridized carbons (Fsp3) is 0.286. The maximum Gasteiger partial charge on any atom is 0.156 e. The average Bonchev–Trinajstić information content (AvgIpc) is 1.94. The van der Waals surface area contributed by atoms with Crippen LogP contribution in [-0.2, 0) is 0 Å². The number of pyridine rings is 1. The molecule has 1 rings (SSSR count). The Morgan fingerprint density at radius 3 is 3.10 bits per heavy atom. The van der Waals surface area contributed by atoms with E-state index in [0.717, 1.165) is 0 Å². The van der Waals surface area contributed by atoms with Crippen LogP contribution >= 0.6 is 11.6 Å². The van der Waals surface area contributed by atoms with Crippen LogP contribution in [0.1, 0.15) is 6.92 Å². The predicted octanol–water partition coefficient (Wildman–Crippen LogP) is 2.13. The van der Waals surface area contributed by atoms with E-state index in [0.29, 0.717) is 17.4 Å². The molecule has 0 saturated carbocycles. The van der Waals surface area contributed by atoms with Crippen molar-refractivity contribution in [2.24, 2.45) is 0 Å². The molecule has 0 bridgehead atoms. The van der Waals surface area contributed by atoms with E-state index in [-0.39, 0.29) is 0 Å². The maximum atomic E-state index is 5.74. The lowest BCUT2D eigenvalue weighted by molar-refractivity contribution is 0.339. The molecule has 0 aliphatic carbocycles. The smallest absolute Gasteiger partial charge is 0.156 e. The van der Waals surface area contributed by atoms with Crippen molar-refractivity contribution in [3.8, 4) is 5.75 Å². The van der Waals surface area contributed by atoms with Crippen LogP contribution in [0.15, 0.2) is 18.5 Å². The molecule has 54 valence electrons. The summed E-state index contributed by atoms with van der Waals surface area (Å²) >= 11 is 5.74. The van der Waals surface area contributed by atoms with Crippen LogP contribution in [-0.4, -0.2) is 11.6 Å². The summed E-state index contributed by atoms with van der Waals surface area (Å²) in [6.07, 6.45) is 3.23. The topological polar surface area (TPSA) is 22.1 Å². The second-order valence-electron chi connectivity index (χ2n) is 1.74. The van der Waals surface area contributed by atoms with Crippen molar-refractivity contribution < 1.29 is 4.74 Å². The molecule has 1 aromatic rings. The van der Waals surface area contributed by atoms with Gasteiger partial charge in [-0.15, -0.1) is 0 Å². The van der Waals surface area contributed by atoms with E-state index in [4.69, 9.17) is 16.3 Å². The predicted molar refractivity (Wildman–Crippen MR) is 40.4 cm³/mol. The number of halogens is 1. The van der Waals surface area contributed by atoms with Crippen molar-refractivity contribution in [2.45, 2.75) is 6.92 Å². The lowest BCUT2D eigenvalue weighted by Gasteiger charge is -2.02. The molecule has 0 aliphatic rings. The van der Waals surface area contributed by atoms with Crippen molar-refractivity contribution in [1.29, 1.82) is 0 Å². The van der Waals surface area contributed by atoms with Gasteiger partial charge in [0, 0.05) is 6.20 Å². The molecule has 0 saturated heterocycles. The summed E-state index contributed by atoms with van der Waals surface area (Å²) < 4.78 is 5.14. The van der Waals surface area contributed by atoms with Gasteiger partial charge in [0.1, 0.15) is 0 Å². The van der Waals surface area contributed by atoms with Gasteiger partial charge in [-0.05, 0) is 13.0 Å². The Morgan fingerprint density at radius 2 is 2.50 bits per heavy atom. The van der Waals surface area contributed by atoms with Crippen LogP contribution in [0.4, 0.5) is 0 Å². The van der Waals surface area contributed by atoms with Gasteiger partial charge in [-0.25, -0.2) is 0 Å². The number of hydrogen-bond acceptors (Lipinski definition) is 2. The Bertz CT molecular complexity index is 215. The van der Waals surface area contributed by atoms with Crippen molar-refractivity contribution in [2.75, 3.05) is 6.61 Å². The summed E-state index contributed by atoms with van der Waals surface area (Å²) in [5.74, 6) is 0.645. The SMILES string of the molecule is CCOc1cnccc1Cl. The zero-order valence-corrected chi connectivity index (χ0v) is 6.43. The molecule has 0 radical (unpaired) electrons. The third-order valence-corrected chi connectivity index (χ3v) is 1.35. The first kappa shape index (κ1) is 7.35. The van der Waals surface area contributed by atoms with E-state index in [1.807, 2.05) is 6.92 Å². The van der Waals surface area contributed by atoms with Crippen LogP contribution < -0.4 is 4.74 Å². The van der Waals surface area contributed by atoms with Gasteiger partial charge in [-0.1, -0.05) is 11.6 Å². The van der Waals surface area contributed by atoms with Crippen molar-refractivity contribution in [1.82, 2.24) is 4.98 Å². The molecule has 0 spiro atoms. The van der Waals surface area contributed by atoms with E-state index >= 15 is 0 Å². The number of ether oxygens (including phenoxy) is 1. The van der Waals surface area contributed by atoms with Gasteiger partial charge in [-0.3, -0.25) is 4.98 Å². The van der Waals surface area contributed by atoms with E-state index in [1.54, 1.807) is 18.5 Å². The molecule has 0 aromatic carbocycles. The summed E-state index contributed by atoms with van der Waals surface area (Å²) in [6, 6.07) is 1.70. The highest BCUT2D eigenvalue weighted by molar-refractivity contribution is 6.31. The number of nitrogens with zero attached hydrogens (tertiary/aromatic N) is 1. The summed E-state index contributed by atoms with van der Waals surface area (Å²) in [7, 11) is 0. The average molecular weight is 158 g/mol. The van der Waals surface area contributed by atoms with Gasteiger partial charge in [0.25, 0.3) is 0 Å². The first-order valence-corrected chi connectivity index (χ1v) is 3.44. The normalized spacial score (nSPS) is 9.40. The van der Waals surface area contributed by atoms with Crippen molar-refractivity contribution >= 4 is 11.6 Å². The summed E-state index contributed by atoms with van der Waals surface area (Å²) in [6.45, 7) is 2.52. The molecule has 2 nitrogen and oxygen atoms in total. The lowest BCUT2D eigenvalue weighted by atomic mass is 10.5. The Balaban J connectivity index is 2.81. The quantitative estimate of drug-likeness (QED) is 0.656. The highest BCUT2D eigenvalue weighted by Crippen LogP contribution is 2.21. The Hall–Kier alpha value is -0.760. The van der Waals surface area contributed by atoms with Gasteiger partial charge >= 0.3 is 0 Å². The Labute approximate surface area is 64.8 Å². The first-order valence-electron chi connectivity index (χ1n) is 3.07. The van der Waals surface area contributed by atoms with Crippen LogP contribution in [0.25, 0.3) is 0 Å². The molecular formula is C7H8ClNO. The third kappa shape index (κ3) is 1.61. The van der Waals surface area contributed by atoms with E-state index in [1.165, 1.54) is 0 Å². The van der Waals surface area contributed by atoms with Crippen LogP contribution in [0.5, 0.6) is 5.75 Å². The second-order valence-corrected chi connectivity index (χ2v) is 2.15. The van der Waals surface area contributed by atoms with Crippen LogP contribution in [0.2, 0.25) is 5.02 Å². The minimum atomic E-state index is 0.608. The van der Waals surface area contributed by atoms with Gasteiger partial charge in [0.15, 0.2) is 5.75 Å². The highest BCUT2D eigenvalue weighted by Gasteiger charge is 1.96. The molecular weight excluding hydrogens is 150 g/mol. The van der Waals surface area contributed by atoms with E-state index in [2.05, 4.69) is 4.98 Å². The molecule has 0 N–H and O–H groups in total. The molecule has 0 aliphatic heterocycles. The molecule has 1 aromatic heterocycles. The summed E-state index contributed by atoms with van der Waals surface area (Å²) in [5, 5.41) is 0.608. The Morgan fingerprint density at radius 1 is 1.70 bits per heavy atom. The van der Waals surface area contributed by atoms with Gasteiger partial charge in [0.2, 0.25) is 0 Å². The fourth-order valence-electron chi connectivity index (χ4n) is 0.625. The maximum absolute atomic E-state index is 5.74. The Kier molecular flexibility index (Phi) is 2.51. The van der Waals surface area contributed by atoms with Gasteiger partial charge < -0.3 is 4.74 Å². The number of rotatable bonds is 2. The standard InChI is InChI=1S/C7H8ClNO/c1-2-10-7-5-9-4-3-6(7)8/h3-5H,2H2,1H3. The summed E-state index contributed by atoms with van der Waals surface area (Å²) in [4.78, 5) is 3.85. The zero-order chi connectivity index (χ0) is 7.40. The first-order chi connectivity index (χ1) is 4.84. The molecule has 0 fully saturated rings. The number of aromatic nitrogens is 1. The summed E-state index contributed by atoms with van der Waals surface area (Å²) in [5.41, 5.74) is 0. The molecule has 0 atom stereocenters. The third-order valence-electron chi connectivity index (χ3n) is 1.03. The van der Waals surface area contributed by atoms with Crippen molar-refractivity contribution in [3.05, 3.63) is 23.5 Å². The van der Waals surface area contributed by atoms with Crippen LogP contribution in [0, 0.1) is 0 Å². The van der Waals surface area contributed by atoms with Crippen molar-refractivity contribution in [3.63, 3.8) is 0 Å². The molecule has 3 heteroatoms. The monoisotopic (exact) mass is 157 g/mol. The van der Waals surface area contributed by atoms with Gasteiger partial charge in [-0.2, -0.15) is 0 Å². The second kappa shape index (κ2) is 3.42. The molecule has 1 heterocycles. The van der Waals surface area contributed by atoms with Gasteiger partial charge in [0.05, 0.1) is 17.8 Å². The largest absolute Gasteiger partial charge is 0.491 e. The lowest BCUT2D eigenvalue weighted by Crippen LogP contribution is -1.91. The minimum absolute atomic E-state index is 0.608. The molecule has 0 unspecified atom stereocenters. The van der Waals surface area contributed by atoms with Crippen LogP contribution in [0.3, 0.4) is 0 Å². The minimum Gasteiger partial charge on any atom is -0.491 e. The molecule has 0 amide bonds. The zero-order valence-electron chi connectivity index (χ0n) is 5.67.